The molecule has 0 bridgehead atoms. The number of carbonyl (C=O) groups is 1. The molecule has 6 nitrogen and oxygen atoms in total. The van der Waals surface area contributed by atoms with E-state index < -0.39 is 16.0 Å². The number of ether oxygens (including phenoxy) is 2. The molecule has 18 heavy (non-hydrogen) atoms. The molecule has 0 aliphatic rings. The van der Waals surface area contributed by atoms with Crippen LogP contribution >= 0.6 is 11.6 Å². The Morgan fingerprint density at radius 3 is 2.61 bits per heavy atom. The van der Waals surface area contributed by atoms with Crippen LogP contribution in [0.3, 0.4) is 0 Å². The molecule has 0 aromatic heterocycles. The summed E-state index contributed by atoms with van der Waals surface area (Å²) in [5, 5.41) is 5.04. The van der Waals surface area contributed by atoms with Crippen molar-refractivity contribution in [2.75, 3.05) is 20.3 Å². The summed E-state index contributed by atoms with van der Waals surface area (Å²) < 4.78 is 31.8. The van der Waals surface area contributed by atoms with Gasteiger partial charge >= 0.3 is 5.97 Å². The van der Waals surface area contributed by atoms with E-state index in [4.69, 9.17) is 26.2 Å². The number of hydrogen-bond donors (Lipinski definition) is 1. The van der Waals surface area contributed by atoms with Crippen LogP contribution in [0, 0.1) is 0 Å². The summed E-state index contributed by atoms with van der Waals surface area (Å²) in [6, 6.07) is 3.56. The Morgan fingerprint density at radius 1 is 1.39 bits per heavy atom. The molecule has 2 N–H and O–H groups in total. The Kier molecular flexibility index (Phi) is 5.09. The first-order valence-corrected chi connectivity index (χ1v) is 6.77. The SMILES string of the molecule is COCCOC(=O)c1cc(S(N)(=O)=O)ccc1Cl. The molecule has 0 aliphatic carbocycles. The number of rotatable bonds is 5. The van der Waals surface area contributed by atoms with Gasteiger partial charge in [-0.1, -0.05) is 11.6 Å². The maximum atomic E-state index is 11.6. The second-order valence-electron chi connectivity index (χ2n) is 3.32. The number of esters is 1. The predicted octanol–water partition coefficient (Wildman–Crippen LogP) is 0.791. The molecular formula is C10H12ClNO5S. The summed E-state index contributed by atoms with van der Waals surface area (Å²) in [4.78, 5) is 11.4. The lowest BCUT2D eigenvalue weighted by atomic mass is 10.2. The van der Waals surface area contributed by atoms with E-state index in [9.17, 15) is 13.2 Å². The van der Waals surface area contributed by atoms with Crippen molar-refractivity contribution >= 4 is 27.6 Å². The van der Waals surface area contributed by atoms with Crippen LogP contribution in [0.15, 0.2) is 23.1 Å². The van der Waals surface area contributed by atoms with Gasteiger partial charge in [-0.2, -0.15) is 0 Å². The third-order valence-electron chi connectivity index (χ3n) is 2.01. The molecule has 0 unspecified atom stereocenters. The number of nitrogens with two attached hydrogens (primary N) is 1. The first-order chi connectivity index (χ1) is 8.36. The van der Waals surface area contributed by atoms with Crippen LogP contribution < -0.4 is 5.14 Å². The number of hydrogen-bond acceptors (Lipinski definition) is 5. The highest BCUT2D eigenvalue weighted by Crippen LogP contribution is 2.20. The van der Waals surface area contributed by atoms with Gasteiger partial charge in [0.15, 0.2) is 0 Å². The van der Waals surface area contributed by atoms with Crippen molar-refractivity contribution in [3.8, 4) is 0 Å². The van der Waals surface area contributed by atoms with Crippen molar-refractivity contribution in [1.29, 1.82) is 0 Å². The number of benzene rings is 1. The van der Waals surface area contributed by atoms with Crippen molar-refractivity contribution in [2.45, 2.75) is 4.90 Å². The Balaban J connectivity index is 2.97. The van der Waals surface area contributed by atoms with Crippen molar-refractivity contribution in [3.63, 3.8) is 0 Å². The fourth-order valence-corrected chi connectivity index (χ4v) is 1.87. The molecular weight excluding hydrogens is 282 g/mol. The first kappa shape index (κ1) is 14.9. The van der Waals surface area contributed by atoms with E-state index in [0.717, 1.165) is 6.07 Å². The summed E-state index contributed by atoms with van der Waals surface area (Å²) in [5.41, 5.74) is -0.0562. The van der Waals surface area contributed by atoms with E-state index in [1.54, 1.807) is 0 Å². The average molecular weight is 294 g/mol. The van der Waals surface area contributed by atoms with Crippen LogP contribution in [-0.4, -0.2) is 34.7 Å². The van der Waals surface area contributed by atoms with Gasteiger partial charge in [-0.15, -0.1) is 0 Å². The van der Waals surface area contributed by atoms with Gasteiger partial charge in [0.2, 0.25) is 10.0 Å². The highest BCUT2D eigenvalue weighted by atomic mass is 35.5. The van der Waals surface area contributed by atoms with Crippen LogP contribution in [0.25, 0.3) is 0 Å². The van der Waals surface area contributed by atoms with Gasteiger partial charge in [0.25, 0.3) is 0 Å². The number of sulfonamides is 1. The lowest BCUT2D eigenvalue weighted by Crippen LogP contribution is -2.15. The van der Waals surface area contributed by atoms with Crippen LogP contribution in [-0.2, 0) is 19.5 Å². The topological polar surface area (TPSA) is 95.7 Å². The van der Waals surface area contributed by atoms with E-state index in [0.29, 0.717) is 0 Å². The summed E-state index contributed by atoms with van der Waals surface area (Å²) in [6.07, 6.45) is 0. The van der Waals surface area contributed by atoms with Crippen LogP contribution in [0.2, 0.25) is 5.02 Å². The molecule has 0 heterocycles. The van der Waals surface area contributed by atoms with Crippen LogP contribution in [0.1, 0.15) is 10.4 Å². The second-order valence-corrected chi connectivity index (χ2v) is 5.28. The number of primary sulfonamides is 1. The lowest BCUT2D eigenvalue weighted by Gasteiger charge is -2.07. The van der Waals surface area contributed by atoms with Crippen LogP contribution in [0.4, 0.5) is 0 Å². The van der Waals surface area contributed by atoms with E-state index >= 15 is 0 Å². The maximum absolute atomic E-state index is 11.6. The van der Waals surface area contributed by atoms with Gasteiger partial charge < -0.3 is 9.47 Å². The highest BCUT2D eigenvalue weighted by molar-refractivity contribution is 7.89. The molecule has 1 aromatic carbocycles. The number of methoxy groups -OCH3 is 1. The lowest BCUT2D eigenvalue weighted by molar-refractivity contribution is 0.0388. The zero-order valence-electron chi connectivity index (χ0n) is 9.55. The molecule has 0 radical (unpaired) electrons. The monoisotopic (exact) mass is 293 g/mol. The summed E-state index contributed by atoms with van der Waals surface area (Å²) in [6.45, 7) is 0.281. The van der Waals surface area contributed by atoms with Crippen molar-refractivity contribution in [3.05, 3.63) is 28.8 Å². The zero-order chi connectivity index (χ0) is 13.8. The van der Waals surface area contributed by atoms with E-state index in [2.05, 4.69) is 0 Å². The zero-order valence-corrected chi connectivity index (χ0v) is 11.1. The molecule has 0 aliphatic heterocycles. The Hall–Kier alpha value is -1.15. The van der Waals surface area contributed by atoms with Crippen molar-refractivity contribution in [1.82, 2.24) is 0 Å². The molecule has 8 heteroatoms. The van der Waals surface area contributed by atoms with Gasteiger partial charge in [-0.3, -0.25) is 0 Å². The third-order valence-corrected chi connectivity index (χ3v) is 3.25. The molecule has 0 spiro atoms. The van der Waals surface area contributed by atoms with E-state index in [1.165, 1.54) is 19.2 Å². The summed E-state index contributed by atoms with van der Waals surface area (Å²) in [5.74, 6) is -0.734. The third kappa shape index (κ3) is 3.95. The van der Waals surface area contributed by atoms with E-state index in [1.807, 2.05) is 0 Å². The van der Waals surface area contributed by atoms with E-state index in [-0.39, 0.29) is 28.7 Å². The Bertz CT molecular complexity index is 543. The van der Waals surface area contributed by atoms with Crippen molar-refractivity contribution < 1.29 is 22.7 Å². The van der Waals surface area contributed by atoms with Crippen LogP contribution in [0.5, 0.6) is 0 Å². The van der Waals surface area contributed by atoms with Crippen molar-refractivity contribution in [2.24, 2.45) is 5.14 Å². The summed E-state index contributed by atoms with van der Waals surface area (Å²) in [7, 11) is -2.43. The fraction of sp³-hybridized carbons (Fsp3) is 0.300. The normalized spacial score (nSPS) is 11.3. The van der Waals surface area contributed by atoms with Gasteiger partial charge in [-0.25, -0.2) is 18.4 Å². The van der Waals surface area contributed by atoms with Gasteiger partial charge in [-0.05, 0) is 18.2 Å². The standard InChI is InChI=1S/C10H12ClNO5S/c1-16-4-5-17-10(13)8-6-7(18(12,14)15)2-3-9(8)11/h2-3,6H,4-5H2,1H3,(H2,12,14,15). The average Bonchev–Trinajstić information content (AvgIpc) is 2.28. The smallest absolute Gasteiger partial charge is 0.339 e. The number of halogens is 1. The molecule has 1 aromatic rings. The minimum absolute atomic E-state index is 0.0469. The second kappa shape index (κ2) is 6.14. The molecule has 0 fully saturated rings. The molecule has 0 amide bonds. The maximum Gasteiger partial charge on any atom is 0.339 e. The summed E-state index contributed by atoms with van der Waals surface area (Å²) >= 11 is 5.79. The minimum atomic E-state index is -3.89. The first-order valence-electron chi connectivity index (χ1n) is 4.84. The number of carbonyl (C=O) groups excluding carboxylic acids is 1. The molecule has 1 rings (SSSR count). The van der Waals surface area contributed by atoms with Gasteiger partial charge in [0.1, 0.15) is 6.61 Å². The largest absolute Gasteiger partial charge is 0.460 e. The molecule has 0 atom stereocenters. The Labute approximate surface area is 110 Å². The predicted molar refractivity (Wildman–Crippen MR) is 65.0 cm³/mol. The Morgan fingerprint density at radius 2 is 2.06 bits per heavy atom. The van der Waals surface area contributed by atoms with Gasteiger partial charge in [0, 0.05) is 7.11 Å². The fourth-order valence-electron chi connectivity index (χ4n) is 1.13. The minimum Gasteiger partial charge on any atom is -0.460 e. The van der Waals surface area contributed by atoms with Gasteiger partial charge in [0.05, 0.1) is 22.1 Å². The molecule has 0 saturated carbocycles. The quantitative estimate of drug-likeness (QED) is 0.639. The highest BCUT2D eigenvalue weighted by Gasteiger charge is 2.16. The molecule has 0 saturated heterocycles. The molecule has 100 valence electrons.